The molecule has 0 aliphatic heterocycles. The molecule has 5 rings (SSSR count). The van der Waals surface area contributed by atoms with Crippen LogP contribution in [0.5, 0.6) is 0 Å². The van der Waals surface area contributed by atoms with Crippen molar-refractivity contribution in [1.29, 1.82) is 10.8 Å². The number of carboxylic acids is 4. The minimum Gasteiger partial charge on any atom is -0.481 e. The molecule has 5 aromatic rings. The van der Waals surface area contributed by atoms with Crippen molar-refractivity contribution in [2.45, 2.75) is 194 Å². The van der Waals surface area contributed by atoms with Gasteiger partial charge >= 0.3 is 23.9 Å². The van der Waals surface area contributed by atoms with Gasteiger partial charge in [-0.05, 0) is 106 Å². The number of guanidine groups is 2. The topological polar surface area (TPSA) is 874 Å². The van der Waals surface area contributed by atoms with Crippen LogP contribution in [0, 0.1) is 10.8 Å². The van der Waals surface area contributed by atoms with Gasteiger partial charge in [-0.15, -0.1) is 0 Å². The summed E-state index contributed by atoms with van der Waals surface area (Å²) < 4.78 is 0. The van der Waals surface area contributed by atoms with Gasteiger partial charge in [0, 0.05) is 85.8 Å². The Balaban J connectivity index is 1.37. The van der Waals surface area contributed by atoms with E-state index in [1.165, 1.54) is 19.3 Å². The number of aliphatic hydroxyl groups is 4. The minimum atomic E-state index is -2.04. The summed E-state index contributed by atoms with van der Waals surface area (Å²) in [5.74, 6) is -24.0. The first-order chi connectivity index (χ1) is 64.2. The number of H-pyrrole nitrogens is 2. The number of rotatable bonds is 62. The van der Waals surface area contributed by atoms with Crippen LogP contribution >= 0.6 is 0 Å². The van der Waals surface area contributed by atoms with Gasteiger partial charge in [-0.1, -0.05) is 66.7 Å². The van der Waals surface area contributed by atoms with E-state index >= 15 is 4.79 Å². The van der Waals surface area contributed by atoms with E-state index in [0.717, 1.165) is 0 Å². The number of aliphatic hydroxyl groups excluding tert-OH is 4. The van der Waals surface area contributed by atoms with Crippen LogP contribution < -0.4 is 113 Å². The molecule has 15 amide bonds. The molecule has 2 heterocycles. The molecule has 738 valence electrons. The Labute approximate surface area is 770 Å². The van der Waals surface area contributed by atoms with Gasteiger partial charge in [0.2, 0.25) is 88.6 Å². The molecule has 0 fully saturated rings. The van der Waals surface area contributed by atoms with Gasteiger partial charge in [0.15, 0.2) is 11.9 Å². The molecule has 0 radical (unpaired) electrons. The number of carbonyl (C=O) groups is 19. The van der Waals surface area contributed by atoms with Crippen LogP contribution in [0.2, 0.25) is 0 Å². The van der Waals surface area contributed by atoms with Crippen LogP contribution in [0.25, 0.3) is 21.8 Å². The number of aromatic nitrogens is 2. The second-order valence-corrected chi connectivity index (χ2v) is 31.1. The van der Waals surface area contributed by atoms with Gasteiger partial charge in [0.05, 0.1) is 33.0 Å². The smallest absolute Gasteiger partial charge is 0.322 e. The number of para-hydroxylation sites is 2. The summed E-state index contributed by atoms with van der Waals surface area (Å²) in [5, 5.41) is 135. The number of hydrogen-bond acceptors (Lipinski definition) is 27. The quantitative estimate of drug-likeness (QED) is 0.00976. The Kier molecular flexibility index (Phi) is 46.9. The highest BCUT2D eigenvalue weighted by Gasteiger charge is 2.39. The second kappa shape index (κ2) is 57.3. The number of carbonyl (C=O) groups excluding carboxylic acids is 15. The molecule has 2 aromatic heterocycles. The lowest BCUT2D eigenvalue weighted by atomic mass is 10.0. The molecule has 0 saturated carbocycles. The van der Waals surface area contributed by atoms with Gasteiger partial charge < -0.3 is 164 Å². The summed E-state index contributed by atoms with van der Waals surface area (Å²) in [6.45, 7) is -4.96. The monoisotopic (exact) mass is 1900 g/mol. The maximum atomic E-state index is 15.1. The van der Waals surface area contributed by atoms with Crippen molar-refractivity contribution >= 4 is 146 Å². The van der Waals surface area contributed by atoms with Gasteiger partial charge in [-0.3, -0.25) is 102 Å². The van der Waals surface area contributed by atoms with Crippen molar-refractivity contribution in [3.05, 3.63) is 108 Å². The molecule has 3 aromatic carbocycles. The molecule has 0 unspecified atom stereocenters. The first-order valence-electron chi connectivity index (χ1n) is 42.7. The summed E-state index contributed by atoms with van der Waals surface area (Å²) in [7, 11) is 0. The lowest BCUT2D eigenvalue weighted by molar-refractivity contribution is -0.139. The molecule has 0 bridgehead atoms. The van der Waals surface area contributed by atoms with Crippen molar-refractivity contribution in [3.8, 4) is 0 Å². The van der Waals surface area contributed by atoms with Crippen molar-refractivity contribution in [2.24, 2.45) is 22.9 Å². The van der Waals surface area contributed by atoms with E-state index in [1.54, 1.807) is 78.9 Å². The largest absolute Gasteiger partial charge is 0.481 e. The average molecular weight is 1900 g/mol. The van der Waals surface area contributed by atoms with Crippen LogP contribution in [0.1, 0.15) is 107 Å². The maximum absolute atomic E-state index is 15.1. The number of hydrogen-bond donors (Lipinski definition) is 33. The highest BCUT2D eigenvalue weighted by atomic mass is 16.4. The lowest BCUT2D eigenvalue weighted by Crippen LogP contribution is -2.61. The zero-order chi connectivity index (χ0) is 100.0. The van der Waals surface area contributed by atoms with E-state index < -0.39 is 293 Å². The SMILES string of the molecule is C[C@H](NC(=O)[C@H](Cc1ccccc1)NC(=O)[C@H](Cc1c[nH]c2ccccc12)NC(=O)[C@H](CO)NC(=O)[C@H](CCC(=O)O)NC(=O)[C@H](Cc1c[nH]c2ccccc12)NC(=O)[C@H](CCCNC(=N)N)NC(=O)[C@H](CO)NC(=O)[C@@H](N)CO)C(=O)NCC(=O)N[C@@H](CCC(=O)O)C(=O)N[C@@H](CCCCN)C(=O)N[C@@H](CCC(=O)O)C(=O)N[C@@H](CO)C(=O)N[C@@H](CCCNC(=N)N)C(=O)NCC(=O)O. The predicted octanol–water partition coefficient (Wildman–Crippen LogP) is -10.1. The van der Waals surface area contributed by atoms with Gasteiger partial charge in [-0.25, -0.2) is 0 Å². The highest BCUT2D eigenvalue weighted by Crippen LogP contribution is 2.22. The maximum Gasteiger partial charge on any atom is 0.322 e. The first kappa shape index (κ1) is 110. The molecule has 52 nitrogen and oxygen atoms in total. The number of carboxylic acid groups (broad SMARTS) is 4. The fourth-order valence-corrected chi connectivity index (χ4v) is 13.4. The fourth-order valence-electron chi connectivity index (χ4n) is 13.4. The van der Waals surface area contributed by atoms with Gasteiger partial charge in [0.25, 0.3) is 0 Å². The van der Waals surface area contributed by atoms with Crippen molar-refractivity contribution in [3.63, 3.8) is 0 Å². The predicted molar refractivity (Wildman–Crippen MR) is 477 cm³/mol. The Morgan fingerprint density at radius 3 is 1.03 bits per heavy atom. The molecule has 0 aliphatic carbocycles. The molecule has 0 spiro atoms. The van der Waals surface area contributed by atoms with E-state index in [9.17, 15) is 122 Å². The van der Waals surface area contributed by atoms with Crippen LogP contribution in [-0.4, -0.2) is 319 Å². The van der Waals surface area contributed by atoms with Crippen molar-refractivity contribution in [2.75, 3.05) is 59.2 Å². The van der Waals surface area contributed by atoms with Crippen LogP contribution in [0.15, 0.2) is 91.3 Å². The molecule has 0 aliphatic rings. The number of aliphatic carboxylic acids is 4. The standard InChI is InChI=1S/C83H119N25O27/c1-42(68(122)94-36-63(113)97-54(22-25-64(114)115)73(127)99-52(19-9-10-28-84)71(125)101-55(23-26-65(116)117)74(128)107-61(40-111)80(134)98-51(20-11-29-90-82(86)87)70(124)95-37-67(120)121)96-76(130)57(31-43-13-3-2-4-14-43)103-78(132)59(33-45-35-93-50-18-8-6-16-47(45)50)105-81(135)62(41-112)108-75(129)56(24-27-66(118)119)102-77(131)58(32-44-34-92-49-17-7-5-15-46(44)49)104-72(126)53(21-12-30-91-83(88)89)100-79(133)60(39-110)106-69(123)48(85)38-109/h2-8,13-18,34-35,42,48,51-62,92-93,109-112H,9-12,19-33,36-41,84-85H2,1H3,(H,94,122)(H,95,124)(H,96,130)(H,97,113)(H,98,134)(H,99,127)(H,100,133)(H,101,125)(H,102,131)(H,103,132)(H,104,126)(H,105,135)(H,106,123)(H,107,128)(H,108,129)(H,114,115)(H,116,117)(H,118,119)(H,120,121)(H4,86,87,90)(H4,88,89,91)/t42-,48-,51-,52-,53-,54-,55-,56-,57-,58-,59-,60-,61-,62-/m0/s1. The number of benzene rings is 3. The van der Waals surface area contributed by atoms with E-state index in [1.807, 2.05) is 0 Å². The van der Waals surface area contributed by atoms with E-state index in [0.29, 0.717) is 38.5 Å². The van der Waals surface area contributed by atoms with Crippen LogP contribution in [0.4, 0.5) is 0 Å². The summed E-state index contributed by atoms with van der Waals surface area (Å²) in [6.07, 6.45) is -2.97. The molecule has 52 heteroatoms. The van der Waals surface area contributed by atoms with E-state index in [4.69, 9.17) is 38.9 Å². The lowest BCUT2D eigenvalue weighted by Gasteiger charge is -2.28. The Hall–Kier alpha value is -15.0. The number of aromatic amines is 2. The molecule has 0 saturated heterocycles. The summed E-state index contributed by atoms with van der Waals surface area (Å²) >= 11 is 0. The number of amides is 15. The van der Waals surface area contributed by atoms with Crippen molar-refractivity contribution in [1.82, 2.24) is 100 Å². The number of unbranched alkanes of at least 4 members (excludes halogenated alkanes) is 1. The summed E-state index contributed by atoms with van der Waals surface area (Å²) in [6, 6.07) is -2.87. The van der Waals surface area contributed by atoms with Crippen LogP contribution in [-0.2, 0) is 110 Å². The second-order valence-electron chi connectivity index (χ2n) is 31.1. The number of nitrogens with two attached hydrogens (primary N) is 4. The van der Waals surface area contributed by atoms with Gasteiger partial charge in [0.1, 0.15) is 91.1 Å². The third-order valence-electron chi connectivity index (χ3n) is 20.6. The van der Waals surface area contributed by atoms with Gasteiger partial charge in [-0.2, -0.15) is 0 Å². The molecule has 14 atom stereocenters. The minimum absolute atomic E-state index is 0.000643. The third-order valence-corrected chi connectivity index (χ3v) is 20.6. The zero-order valence-electron chi connectivity index (χ0n) is 73.6. The van der Waals surface area contributed by atoms with E-state index in [-0.39, 0.29) is 77.4 Å². The Bertz CT molecular complexity index is 4960. The Morgan fingerprint density at radius 1 is 0.333 bits per heavy atom. The average Bonchev–Trinajstić information content (AvgIpc) is 1.64. The highest BCUT2D eigenvalue weighted by molar-refractivity contribution is 6.02. The van der Waals surface area contributed by atoms with Crippen LogP contribution in [0.3, 0.4) is 0 Å². The molecule has 135 heavy (non-hydrogen) atoms. The normalized spacial score (nSPS) is 14.1. The molecule has 37 N–H and O–H groups in total. The summed E-state index contributed by atoms with van der Waals surface area (Å²) in [5.41, 5.74) is 24.4. The number of fused-ring (bicyclic) bond motifs is 2. The Morgan fingerprint density at radius 2 is 0.652 bits per heavy atom. The van der Waals surface area contributed by atoms with E-state index in [2.05, 4.69) is 100 Å². The number of nitrogens with one attached hydrogen (secondary N) is 21. The van der Waals surface area contributed by atoms with Crippen molar-refractivity contribution < 1.29 is 132 Å². The fraction of sp³-hybridized carbons (Fsp3) is 0.482. The zero-order valence-corrected chi connectivity index (χ0v) is 73.6. The molecular formula is C83H119N25O27. The molecular weight excluding hydrogens is 1780 g/mol. The third kappa shape index (κ3) is 38.7. The first-order valence-corrected chi connectivity index (χ1v) is 42.7. The summed E-state index contributed by atoms with van der Waals surface area (Å²) in [4.78, 5) is 264.